The molecule has 2 fully saturated rings. The largest absolute Gasteiger partial charge is 0.380 e. The molecule has 5 heterocycles. The summed E-state index contributed by atoms with van der Waals surface area (Å²) in [6, 6.07) is 5.38. The minimum Gasteiger partial charge on any atom is -0.380 e. The van der Waals surface area contributed by atoms with Gasteiger partial charge in [-0.15, -0.1) is 0 Å². The Kier molecular flexibility index (Phi) is 7.24. The quantitative estimate of drug-likeness (QED) is 0.579. The minimum absolute atomic E-state index is 0.0114. The predicted molar refractivity (Wildman–Crippen MR) is 140 cm³/mol. The van der Waals surface area contributed by atoms with E-state index in [4.69, 9.17) is 4.74 Å². The SMILES string of the molecule is CO[C@H]1CCN(c2cc(NC(=O)N3CCCc4cc(CN5CCC(C)C5=O)c(C=O)nc43)ncc2C#N)C1. The highest BCUT2D eigenvalue weighted by Crippen LogP contribution is 2.31. The average molecular weight is 518 g/mol. The van der Waals surface area contributed by atoms with Crippen LogP contribution in [0.15, 0.2) is 18.3 Å². The number of amides is 3. The number of pyridine rings is 2. The summed E-state index contributed by atoms with van der Waals surface area (Å²) in [5, 5.41) is 12.4. The number of methoxy groups -OCH3 is 1. The van der Waals surface area contributed by atoms with Crippen molar-refractivity contribution in [1.82, 2.24) is 14.9 Å². The molecule has 0 aromatic carbocycles. The normalized spacial score (nSPS) is 20.9. The zero-order valence-corrected chi connectivity index (χ0v) is 21.6. The number of hydrogen-bond acceptors (Lipinski definition) is 8. The maximum atomic E-state index is 13.4. The summed E-state index contributed by atoms with van der Waals surface area (Å²) in [4.78, 5) is 51.9. The number of nitrogens with one attached hydrogen (secondary N) is 1. The van der Waals surface area contributed by atoms with Gasteiger partial charge in [0.25, 0.3) is 0 Å². The second-order valence-corrected chi connectivity index (χ2v) is 10.1. The molecular formula is C27H31N7O4. The third-order valence-electron chi connectivity index (χ3n) is 7.61. The fourth-order valence-electron chi connectivity index (χ4n) is 5.42. The van der Waals surface area contributed by atoms with E-state index in [1.165, 1.54) is 11.1 Å². The number of urea groups is 1. The van der Waals surface area contributed by atoms with Gasteiger partial charge in [0.15, 0.2) is 6.29 Å². The number of nitrogens with zero attached hydrogens (tertiary/aromatic N) is 6. The minimum atomic E-state index is -0.411. The summed E-state index contributed by atoms with van der Waals surface area (Å²) in [5.41, 5.74) is 2.92. The third kappa shape index (κ3) is 4.91. The highest BCUT2D eigenvalue weighted by Gasteiger charge is 2.31. The van der Waals surface area contributed by atoms with Crippen LogP contribution in [0, 0.1) is 17.2 Å². The summed E-state index contributed by atoms with van der Waals surface area (Å²) >= 11 is 0. The first kappa shape index (κ1) is 25.6. The molecule has 2 saturated heterocycles. The van der Waals surface area contributed by atoms with Gasteiger partial charge >= 0.3 is 6.03 Å². The van der Waals surface area contributed by atoms with Gasteiger partial charge in [-0.2, -0.15) is 5.26 Å². The Hall–Kier alpha value is -4.04. The van der Waals surface area contributed by atoms with Gasteiger partial charge in [-0.05, 0) is 37.3 Å². The fraction of sp³-hybridized carbons (Fsp3) is 0.481. The molecule has 3 amide bonds. The number of aryl methyl sites for hydroxylation is 1. The molecule has 38 heavy (non-hydrogen) atoms. The Morgan fingerprint density at radius 1 is 1.29 bits per heavy atom. The van der Waals surface area contributed by atoms with E-state index < -0.39 is 6.03 Å². The molecule has 5 rings (SSSR count). The van der Waals surface area contributed by atoms with Crippen molar-refractivity contribution in [1.29, 1.82) is 5.26 Å². The van der Waals surface area contributed by atoms with Gasteiger partial charge < -0.3 is 14.5 Å². The molecule has 0 radical (unpaired) electrons. The van der Waals surface area contributed by atoms with Crippen LogP contribution in [-0.2, 0) is 22.5 Å². The molecule has 0 saturated carbocycles. The molecule has 11 heteroatoms. The number of likely N-dealkylation sites (tertiary alicyclic amines) is 1. The Morgan fingerprint density at radius 2 is 2.13 bits per heavy atom. The van der Waals surface area contributed by atoms with Crippen LogP contribution in [0.5, 0.6) is 0 Å². The number of anilines is 3. The monoisotopic (exact) mass is 517 g/mol. The van der Waals surface area contributed by atoms with Crippen LogP contribution in [0.3, 0.4) is 0 Å². The zero-order valence-electron chi connectivity index (χ0n) is 21.6. The van der Waals surface area contributed by atoms with Crippen molar-refractivity contribution in [2.24, 2.45) is 5.92 Å². The number of carbonyl (C=O) groups excluding carboxylic acids is 3. The number of aldehydes is 1. The molecule has 11 nitrogen and oxygen atoms in total. The van der Waals surface area contributed by atoms with Crippen LogP contribution in [-0.4, -0.2) is 72.5 Å². The first-order valence-corrected chi connectivity index (χ1v) is 12.9. The van der Waals surface area contributed by atoms with Gasteiger partial charge in [-0.1, -0.05) is 6.92 Å². The van der Waals surface area contributed by atoms with Crippen molar-refractivity contribution in [2.45, 2.75) is 45.3 Å². The average Bonchev–Trinajstić information content (AvgIpc) is 3.54. The third-order valence-corrected chi connectivity index (χ3v) is 7.61. The molecule has 2 atom stereocenters. The summed E-state index contributed by atoms with van der Waals surface area (Å²) in [6.07, 6.45) is 5.35. The first-order valence-electron chi connectivity index (χ1n) is 12.9. The second-order valence-electron chi connectivity index (χ2n) is 10.1. The van der Waals surface area contributed by atoms with E-state index in [0.717, 1.165) is 37.8 Å². The summed E-state index contributed by atoms with van der Waals surface area (Å²) in [6.45, 7) is 4.75. The Labute approximate surface area is 221 Å². The van der Waals surface area contributed by atoms with Crippen LogP contribution in [0.25, 0.3) is 0 Å². The molecular weight excluding hydrogens is 486 g/mol. The molecule has 0 spiro atoms. The second kappa shape index (κ2) is 10.8. The zero-order chi connectivity index (χ0) is 26.8. The highest BCUT2D eigenvalue weighted by molar-refractivity contribution is 6.02. The smallest absolute Gasteiger partial charge is 0.328 e. The highest BCUT2D eigenvalue weighted by atomic mass is 16.5. The Balaban J connectivity index is 1.36. The van der Waals surface area contributed by atoms with Gasteiger partial charge in [-0.3, -0.25) is 19.8 Å². The van der Waals surface area contributed by atoms with Crippen molar-refractivity contribution >= 4 is 35.5 Å². The molecule has 1 unspecified atom stereocenters. The Bertz CT molecular complexity index is 1310. The molecule has 2 aromatic rings. The van der Waals surface area contributed by atoms with Crippen LogP contribution in [0.2, 0.25) is 0 Å². The summed E-state index contributed by atoms with van der Waals surface area (Å²) in [7, 11) is 1.67. The molecule has 0 aliphatic carbocycles. The van der Waals surface area contributed by atoms with Crippen LogP contribution >= 0.6 is 0 Å². The van der Waals surface area contributed by atoms with E-state index in [1.54, 1.807) is 18.1 Å². The van der Waals surface area contributed by atoms with Crippen molar-refractivity contribution in [3.8, 4) is 6.07 Å². The van der Waals surface area contributed by atoms with E-state index in [0.29, 0.717) is 60.9 Å². The van der Waals surface area contributed by atoms with E-state index >= 15 is 0 Å². The first-order chi connectivity index (χ1) is 18.4. The summed E-state index contributed by atoms with van der Waals surface area (Å²) < 4.78 is 5.45. The van der Waals surface area contributed by atoms with Gasteiger partial charge in [-0.25, -0.2) is 14.8 Å². The van der Waals surface area contributed by atoms with Crippen LogP contribution in [0.1, 0.15) is 53.4 Å². The van der Waals surface area contributed by atoms with Crippen LogP contribution in [0.4, 0.5) is 22.1 Å². The number of nitriles is 1. The van der Waals surface area contributed by atoms with E-state index in [2.05, 4.69) is 26.3 Å². The number of fused-ring (bicyclic) bond motifs is 1. The molecule has 0 bridgehead atoms. The molecule has 1 N–H and O–H groups in total. The lowest BCUT2D eigenvalue weighted by molar-refractivity contribution is -0.131. The van der Waals surface area contributed by atoms with Crippen molar-refractivity contribution in [3.05, 3.63) is 40.7 Å². The topological polar surface area (TPSA) is 132 Å². The van der Waals surface area contributed by atoms with Crippen molar-refractivity contribution < 1.29 is 19.1 Å². The number of aromatic nitrogens is 2. The lowest BCUT2D eigenvalue weighted by Crippen LogP contribution is -2.40. The lowest BCUT2D eigenvalue weighted by atomic mass is 10.0. The van der Waals surface area contributed by atoms with E-state index in [1.807, 2.05) is 13.0 Å². The van der Waals surface area contributed by atoms with Crippen LogP contribution < -0.4 is 15.1 Å². The molecule has 3 aliphatic rings. The summed E-state index contributed by atoms with van der Waals surface area (Å²) in [5.74, 6) is 0.840. The number of ether oxygens (including phenoxy) is 1. The van der Waals surface area contributed by atoms with Gasteiger partial charge in [0.05, 0.1) is 17.4 Å². The standard InChI is InChI=1S/C27H31N7O4/c1-17-5-8-33(26(17)36)14-19-10-18-4-3-7-34(25(18)30-22(19)16-35)27(37)31-24-11-23(20(12-28)13-29-24)32-9-6-21(15-32)38-2/h10-11,13,16-17,21H,3-9,14-15H2,1-2H3,(H,29,31,37)/t17?,21-/m0/s1. The predicted octanol–water partition coefficient (Wildman–Crippen LogP) is 2.74. The number of rotatable bonds is 6. The lowest BCUT2D eigenvalue weighted by Gasteiger charge is -2.29. The van der Waals surface area contributed by atoms with Crippen molar-refractivity contribution in [3.63, 3.8) is 0 Å². The van der Waals surface area contributed by atoms with Gasteiger partial charge in [0.1, 0.15) is 23.4 Å². The molecule has 198 valence electrons. The maximum Gasteiger partial charge on any atom is 0.328 e. The van der Waals surface area contributed by atoms with Crippen molar-refractivity contribution in [2.75, 3.05) is 48.4 Å². The number of hydrogen-bond donors (Lipinski definition) is 1. The molecule has 3 aliphatic heterocycles. The fourth-order valence-corrected chi connectivity index (χ4v) is 5.42. The maximum absolute atomic E-state index is 13.4. The number of carbonyl (C=O) groups is 3. The van der Waals surface area contributed by atoms with E-state index in [9.17, 15) is 19.6 Å². The van der Waals surface area contributed by atoms with E-state index in [-0.39, 0.29) is 23.6 Å². The molecule has 2 aromatic heterocycles. The Morgan fingerprint density at radius 3 is 2.82 bits per heavy atom. The van der Waals surface area contributed by atoms with Gasteiger partial charge in [0, 0.05) is 63.6 Å². The van der Waals surface area contributed by atoms with Gasteiger partial charge in [0.2, 0.25) is 5.91 Å².